The van der Waals surface area contributed by atoms with Crippen molar-refractivity contribution in [1.82, 2.24) is 4.90 Å². The molecule has 0 saturated carbocycles. The molecule has 3 nitrogen and oxygen atoms in total. The van der Waals surface area contributed by atoms with Gasteiger partial charge in [-0.25, -0.2) is 0 Å². The van der Waals surface area contributed by atoms with Crippen molar-refractivity contribution in [3.05, 3.63) is 0 Å². The molecule has 0 bridgehead atoms. The molecule has 3 heteroatoms. The highest BCUT2D eigenvalue weighted by Crippen LogP contribution is 2.26. The molecule has 0 spiro atoms. The Labute approximate surface area is 93.4 Å². The summed E-state index contributed by atoms with van der Waals surface area (Å²) in [6.07, 6.45) is 0.427. The molecule has 1 aliphatic heterocycles. The Balaban J connectivity index is 2.40. The molecule has 0 aromatic rings. The van der Waals surface area contributed by atoms with Crippen molar-refractivity contribution in [2.75, 3.05) is 13.1 Å². The molecule has 0 aliphatic carbocycles. The highest BCUT2D eigenvalue weighted by Gasteiger charge is 2.31. The molecule has 1 unspecified atom stereocenters. The third-order valence-electron chi connectivity index (χ3n) is 2.97. The fraction of sp³-hybridized carbons (Fsp3) is 1.00. The van der Waals surface area contributed by atoms with Gasteiger partial charge >= 0.3 is 0 Å². The summed E-state index contributed by atoms with van der Waals surface area (Å²) >= 11 is 0. The zero-order valence-electron chi connectivity index (χ0n) is 10.7. The van der Waals surface area contributed by atoms with Crippen LogP contribution in [0.5, 0.6) is 0 Å². The number of nitrogens with zero attached hydrogens (tertiary/aromatic N) is 1. The number of aliphatic hydroxyl groups excluding tert-OH is 1. The topological polar surface area (TPSA) is 32.7 Å². The number of hydrogen-bond donors (Lipinski definition) is 1. The summed E-state index contributed by atoms with van der Waals surface area (Å²) in [4.78, 5) is 2.02. The first kappa shape index (κ1) is 12.9. The van der Waals surface area contributed by atoms with Gasteiger partial charge in [0.05, 0.1) is 5.60 Å². The number of rotatable bonds is 3. The molecule has 0 radical (unpaired) electrons. The second-order valence-electron chi connectivity index (χ2n) is 5.84. The molecule has 1 N–H and O–H groups in total. The Bertz CT molecular complexity index is 198. The Morgan fingerprint density at radius 1 is 1.33 bits per heavy atom. The monoisotopic (exact) mass is 215 g/mol. The maximum absolute atomic E-state index is 9.89. The van der Waals surface area contributed by atoms with Gasteiger partial charge in [-0.2, -0.15) is 0 Å². The van der Waals surface area contributed by atoms with Crippen LogP contribution in [0.4, 0.5) is 0 Å². The van der Waals surface area contributed by atoms with Crippen LogP contribution in [0.3, 0.4) is 0 Å². The van der Waals surface area contributed by atoms with Crippen LogP contribution >= 0.6 is 0 Å². The third-order valence-corrected chi connectivity index (χ3v) is 2.97. The summed E-state index contributed by atoms with van der Waals surface area (Å²) in [7, 11) is 0. The predicted molar refractivity (Wildman–Crippen MR) is 61.4 cm³/mol. The van der Waals surface area contributed by atoms with Crippen LogP contribution in [0.2, 0.25) is 0 Å². The maximum Gasteiger partial charge on any atom is 0.216 e. The van der Waals surface area contributed by atoms with Gasteiger partial charge in [0.1, 0.15) is 0 Å². The second-order valence-corrected chi connectivity index (χ2v) is 5.84. The maximum atomic E-state index is 9.89. The molecular formula is C12H25NO2. The molecule has 1 rings (SSSR count). The standard InChI is InChI=1S/C12H25NO2/c1-9(2)10-6-7-13(8-10)11(14)15-12(3,4)5/h9-11,14H,6-8H2,1-5H3/t10-,11?/m0/s1. The van der Waals surface area contributed by atoms with Gasteiger partial charge in [0.15, 0.2) is 0 Å². The van der Waals surface area contributed by atoms with Gasteiger partial charge in [0.25, 0.3) is 0 Å². The first-order chi connectivity index (χ1) is 6.79. The van der Waals surface area contributed by atoms with E-state index < -0.39 is 6.41 Å². The van der Waals surface area contributed by atoms with Crippen LogP contribution in [0.25, 0.3) is 0 Å². The summed E-state index contributed by atoms with van der Waals surface area (Å²) in [5.41, 5.74) is -0.282. The molecule has 90 valence electrons. The second kappa shape index (κ2) is 4.81. The minimum Gasteiger partial charge on any atom is -0.356 e. The van der Waals surface area contributed by atoms with Crippen LogP contribution in [0, 0.1) is 11.8 Å². The predicted octanol–water partition coefficient (Wildman–Crippen LogP) is 2.06. The summed E-state index contributed by atoms with van der Waals surface area (Å²) in [5.74, 6) is 1.39. The Kier molecular flexibility index (Phi) is 4.15. The molecule has 15 heavy (non-hydrogen) atoms. The summed E-state index contributed by atoms with van der Waals surface area (Å²) < 4.78 is 5.53. The van der Waals surface area contributed by atoms with Crippen molar-refractivity contribution in [1.29, 1.82) is 0 Å². The average molecular weight is 215 g/mol. The van der Waals surface area contributed by atoms with Gasteiger partial charge in [-0.3, -0.25) is 4.90 Å². The minimum absolute atomic E-state index is 0.282. The number of ether oxygens (including phenoxy) is 1. The smallest absolute Gasteiger partial charge is 0.216 e. The van der Waals surface area contributed by atoms with Gasteiger partial charge in [-0.15, -0.1) is 0 Å². The minimum atomic E-state index is -0.742. The lowest BCUT2D eigenvalue weighted by atomic mass is 9.95. The number of likely N-dealkylation sites (tertiary alicyclic amines) is 1. The van der Waals surface area contributed by atoms with Crippen LogP contribution in [-0.2, 0) is 4.74 Å². The quantitative estimate of drug-likeness (QED) is 0.731. The SMILES string of the molecule is CC(C)[C@H]1CCN(C(O)OC(C)(C)C)C1. The van der Waals surface area contributed by atoms with E-state index in [1.807, 2.05) is 25.7 Å². The van der Waals surface area contributed by atoms with Crippen LogP contribution < -0.4 is 0 Å². The molecule has 0 amide bonds. The lowest BCUT2D eigenvalue weighted by Gasteiger charge is -2.30. The zero-order chi connectivity index (χ0) is 11.6. The normalized spacial score (nSPS) is 26.2. The van der Waals surface area contributed by atoms with Crippen molar-refractivity contribution in [2.45, 2.75) is 53.1 Å². The molecule has 1 heterocycles. The molecule has 0 aromatic heterocycles. The number of hydrogen-bond acceptors (Lipinski definition) is 3. The van der Waals surface area contributed by atoms with Crippen molar-refractivity contribution < 1.29 is 9.84 Å². The summed E-state index contributed by atoms with van der Waals surface area (Å²) in [5, 5.41) is 9.89. The van der Waals surface area contributed by atoms with Crippen LogP contribution in [0.15, 0.2) is 0 Å². The van der Waals surface area contributed by atoms with E-state index in [0.717, 1.165) is 13.1 Å². The first-order valence-corrected chi connectivity index (χ1v) is 5.89. The van der Waals surface area contributed by atoms with Crippen molar-refractivity contribution in [2.24, 2.45) is 11.8 Å². The van der Waals surface area contributed by atoms with Crippen molar-refractivity contribution >= 4 is 0 Å². The molecular weight excluding hydrogens is 190 g/mol. The third kappa shape index (κ3) is 4.09. The lowest BCUT2D eigenvalue weighted by Crippen LogP contribution is -2.40. The average Bonchev–Trinajstić information content (AvgIpc) is 2.47. The van der Waals surface area contributed by atoms with Gasteiger partial charge in [0, 0.05) is 13.1 Å². The van der Waals surface area contributed by atoms with E-state index in [4.69, 9.17) is 4.74 Å². The molecule has 1 aliphatic rings. The Hall–Kier alpha value is -0.120. The largest absolute Gasteiger partial charge is 0.356 e. The van der Waals surface area contributed by atoms with Crippen LogP contribution in [-0.4, -0.2) is 35.1 Å². The zero-order valence-corrected chi connectivity index (χ0v) is 10.7. The van der Waals surface area contributed by atoms with Crippen LogP contribution in [0.1, 0.15) is 41.0 Å². The van der Waals surface area contributed by atoms with E-state index >= 15 is 0 Å². The van der Waals surface area contributed by atoms with Gasteiger partial charge in [-0.1, -0.05) is 13.8 Å². The van der Waals surface area contributed by atoms with E-state index in [1.165, 1.54) is 6.42 Å². The van der Waals surface area contributed by atoms with Crippen molar-refractivity contribution in [3.63, 3.8) is 0 Å². The highest BCUT2D eigenvalue weighted by molar-refractivity contribution is 4.77. The molecule has 0 aromatic carbocycles. The number of aliphatic hydroxyl groups is 1. The van der Waals surface area contributed by atoms with E-state index in [9.17, 15) is 5.11 Å². The molecule has 1 fully saturated rings. The van der Waals surface area contributed by atoms with E-state index in [0.29, 0.717) is 11.8 Å². The molecule has 2 atom stereocenters. The van der Waals surface area contributed by atoms with E-state index in [2.05, 4.69) is 13.8 Å². The summed E-state index contributed by atoms with van der Waals surface area (Å²) in [6.45, 7) is 12.3. The fourth-order valence-electron chi connectivity index (χ4n) is 1.95. The van der Waals surface area contributed by atoms with Gasteiger partial charge in [-0.05, 0) is 39.0 Å². The first-order valence-electron chi connectivity index (χ1n) is 5.89. The lowest BCUT2D eigenvalue weighted by molar-refractivity contribution is -0.234. The Morgan fingerprint density at radius 3 is 2.33 bits per heavy atom. The Morgan fingerprint density at radius 2 is 1.93 bits per heavy atom. The van der Waals surface area contributed by atoms with E-state index in [-0.39, 0.29) is 5.60 Å². The van der Waals surface area contributed by atoms with Gasteiger partial charge in [0.2, 0.25) is 6.41 Å². The molecule has 1 saturated heterocycles. The van der Waals surface area contributed by atoms with Gasteiger partial charge < -0.3 is 9.84 Å². The fourth-order valence-corrected chi connectivity index (χ4v) is 1.95. The highest BCUT2D eigenvalue weighted by atomic mass is 16.6. The van der Waals surface area contributed by atoms with Crippen molar-refractivity contribution in [3.8, 4) is 0 Å². The van der Waals surface area contributed by atoms with E-state index in [1.54, 1.807) is 0 Å². The summed E-state index contributed by atoms with van der Waals surface area (Å²) in [6, 6.07) is 0.